The summed E-state index contributed by atoms with van der Waals surface area (Å²) in [7, 11) is 0. The summed E-state index contributed by atoms with van der Waals surface area (Å²) < 4.78 is 2.28. The third-order valence-electron chi connectivity index (χ3n) is 10.1. The van der Waals surface area contributed by atoms with Crippen LogP contribution >= 0.6 is 11.3 Å². The Morgan fingerprint density at radius 3 is 2.00 bits per heavy atom. The van der Waals surface area contributed by atoms with E-state index in [0.29, 0.717) is 5.82 Å². The van der Waals surface area contributed by atoms with Crippen molar-refractivity contribution >= 4 is 43.0 Å². The highest BCUT2D eigenvalue weighted by molar-refractivity contribution is 7.25. The normalized spacial score (nSPS) is 12.2. The van der Waals surface area contributed by atoms with E-state index in [2.05, 4.69) is 152 Å². The first-order valence-corrected chi connectivity index (χ1v) is 17.9. The fraction of sp³-hybridized carbons (Fsp3) is 0. The lowest BCUT2D eigenvalue weighted by atomic mass is 9.85. The van der Waals surface area contributed by atoms with Crippen LogP contribution in [-0.4, -0.2) is 9.97 Å². The molecule has 5 heteroatoms. The molecule has 236 valence electrons. The van der Waals surface area contributed by atoms with Gasteiger partial charge in [0.2, 0.25) is 0 Å². The Morgan fingerprint density at radius 1 is 0.431 bits per heavy atom. The van der Waals surface area contributed by atoms with Gasteiger partial charge in [0.1, 0.15) is 0 Å². The molecule has 4 heterocycles. The highest BCUT2D eigenvalue weighted by Crippen LogP contribution is 2.50. The third-order valence-corrected chi connectivity index (χ3v) is 11.2. The molecule has 51 heavy (non-hydrogen) atoms. The molecule has 2 aliphatic heterocycles. The monoisotopic (exact) mass is 666 g/mol. The van der Waals surface area contributed by atoms with Gasteiger partial charge in [-0.25, -0.2) is 20.0 Å². The molecule has 7 aromatic carbocycles. The molecule has 2 aromatic heterocycles. The van der Waals surface area contributed by atoms with Gasteiger partial charge in [-0.2, -0.15) is 0 Å². The number of para-hydroxylation sites is 1. The van der Waals surface area contributed by atoms with Gasteiger partial charge >= 0.3 is 0 Å². The number of rotatable bonds is 4. The number of nitrogens with zero attached hydrogens (tertiary/aromatic N) is 4. The molecule has 11 rings (SSSR count). The topological polar surface area (TPSA) is 50.5 Å². The van der Waals surface area contributed by atoms with Gasteiger partial charge in [-0.05, 0) is 63.7 Å². The quantitative estimate of drug-likeness (QED) is 0.188. The van der Waals surface area contributed by atoms with Crippen LogP contribution in [0.25, 0.3) is 76.2 Å². The predicted molar refractivity (Wildman–Crippen MR) is 208 cm³/mol. The van der Waals surface area contributed by atoms with Gasteiger partial charge < -0.3 is 0 Å². The lowest BCUT2D eigenvalue weighted by molar-refractivity contribution is 1.24. The van der Waals surface area contributed by atoms with E-state index < -0.39 is 0 Å². The molecule has 0 radical (unpaired) electrons. The van der Waals surface area contributed by atoms with Crippen LogP contribution in [0.5, 0.6) is 0 Å². The van der Waals surface area contributed by atoms with Crippen molar-refractivity contribution in [3.05, 3.63) is 179 Å². The SMILES string of the molecule is c1ccc(-c2ccccc2-c2ccccc2-c2ccc3c(c2-c2ncc4sc5ccccc5c4n2)-c2c4c(ccc2=N3)=c2ccccc2=N4)cc1. The summed E-state index contributed by atoms with van der Waals surface area (Å²) in [5, 5.41) is 5.32. The van der Waals surface area contributed by atoms with Crippen molar-refractivity contribution < 1.29 is 0 Å². The van der Waals surface area contributed by atoms with E-state index in [4.69, 9.17) is 20.0 Å². The summed E-state index contributed by atoms with van der Waals surface area (Å²) in [6.45, 7) is 0. The molecule has 0 aliphatic carbocycles. The van der Waals surface area contributed by atoms with Crippen LogP contribution in [0.2, 0.25) is 0 Å². The maximum Gasteiger partial charge on any atom is 0.161 e. The van der Waals surface area contributed by atoms with Crippen LogP contribution in [0, 0.1) is 10.4 Å². The Labute approximate surface area is 296 Å². The first-order valence-electron chi connectivity index (χ1n) is 17.1. The second-order valence-electron chi connectivity index (χ2n) is 12.9. The Hall–Kier alpha value is -6.56. The van der Waals surface area contributed by atoms with E-state index >= 15 is 0 Å². The highest BCUT2D eigenvalue weighted by atomic mass is 32.1. The summed E-state index contributed by atoms with van der Waals surface area (Å²) in [6, 6.07) is 53.5. The van der Waals surface area contributed by atoms with Crippen molar-refractivity contribution in [2.45, 2.75) is 0 Å². The minimum atomic E-state index is 0.681. The Balaban J connectivity index is 1.24. The van der Waals surface area contributed by atoms with Gasteiger partial charge in [0, 0.05) is 43.4 Å². The molecular weight excluding hydrogens is 641 g/mol. The highest BCUT2D eigenvalue weighted by Gasteiger charge is 2.29. The Kier molecular flexibility index (Phi) is 6.09. The van der Waals surface area contributed by atoms with E-state index in [0.717, 1.165) is 81.5 Å². The van der Waals surface area contributed by atoms with E-state index in [1.165, 1.54) is 21.4 Å². The zero-order valence-corrected chi connectivity index (χ0v) is 28.0. The van der Waals surface area contributed by atoms with Crippen LogP contribution in [0.3, 0.4) is 0 Å². The molecular formula is C46H26N4S. The van der Waals surface area contributed by atoms with Crippen molar-refractivity contribution in [2.75, 3.05) is 0 Å². The van der Waals surface area contributed by atoms with Gasteiger partial charge in [0.05, 0.1) is 32.3 Å². The van der Waals surface area contributed by atoms with Crippen molar-refractivity contribution in [3.8, 4) is 55.9 Å². The average molecular weight is 667 g/mol. The fourth-order valence-corrected chi connectivity index (χ4v) is 8.88. The van der Waals surface area contributed by atoms with Crippen LogP contribution < -0.4 is 10.7 Å². The second-order valence-corrected chi connectivity index (χ2v) is 14.0. The summed E-state index contributed by atoms with van der Waals surface area (Å²) in [6.07, 6.45) is 1.99. The summed E-state index contributed by atoms with van der Waals surface area (Å²) in [5.74, 6) is 0.681. The van der Waals surface area contributed by atoms with Crippen molar-refractivity contribution in [3.63, 3.8) is 0 Å². The molecule has 0 saturated heterocycles. The summed E-state index contributed by atoms with van der Waals surface area (Å²) >= 11 is 1.73. The Bertz CT molecular complexity index is 3150. The van der Waals surface area contributed by atoms with Crippen molar-refractivity contribution in [1.82, 2.24) is 9.97 Å². The molecule has 4 nitrogen and oxygen atoms in total. The lowest BCUT2D eigenvalue weighted by Gasteiger charge is -2.19. The van der Waals surface area contributed by atoms with Gasteiger partial charge in [0.15, 0.2) is 5.82 Å². The molecule has 0 unspecified atom stereocenters. The number of benzene rings is 7. The second kappa shape index (κ2) is 11.0. The molecule has 0 fully saturated rings. The average Bonchev–Trinajstić information content (AvgIpc) is 3.89. The van der Waals surface area contributed by atoms with Crippen molar-refractivity contribution in [1.29, 1.82) is 0 Å². The van der Waals surface area contributed by atoms with Crippen molar-refractivity contribution in [2.24, 2.45) is 9.98 Å². The third kappa shape index (κ3) is 4.25. The molecule has 0 bridgehead atoms. The lowest BCUT2D eigenvalue weighted by Crippen LogP contribution is -2.02. The first-order chi connectivity index (χ1) is 25.3. The van der Waals surface area contributed by atoms with Gasteiger partial charge in [-0.15, -0.1) is 11.3 Å². The maximum absolute atomic E-state index is 5.40. The number of thiophene rings is 1. The number of hydrogen-bond donors (Lipinski definition) is 0. The van der Waals surface area contributed by atoms with Gasteiger partial charge in [-0.1, -0.05) is 121 Å². The van der Waals surface area contributed by atoms with E-state index in [-0.39, 0.29) is 0 Å². The number of hydrogen-bond acceptors (Lipinski definition) is 5. The molecule has 0 spiro atoms. The van der Waals surface area contributed by atoms with Crippen LogP contribution in [0.4, 0.5) is 11.4 Å². The summed E-state index contributed by atoms with van der Waals surface area (Å²) in [5.41, 5.74) is 12.7. The smallest absolute Gasteiger partial charge is 0.161 e. The van der Waals surface area contributed by atoms with Gasteiger partial charge in [-0.3, -0.25) is 0 Å². The first kappa shape index (κ1) is 28.3. The van der Waals surface area contributed by atoms with E-state index in [9.17, 15) is 0 Å². The van der Waals surface area contributed by atoms with Crippen LogP contribution in [0.1, 0.15) is 0 Å². The van der Waals surface area contributed by atoms with Gasteiger partial charge in [0.25, 0.3) is 0 Å². The van der Waals surface area contributed by atoms with E-state index in [1.54, 1.807) is 11.3 Å². The number of fused-ring (bicyclic) bond motifs is 9. The largest absolute Gasteiger partial charge is 0.248 e. The molecule has 0 amide bonds. The minimum Gasteiger partial charge on any atom is -0.248 e. The van der Waals surface area contributed by atoms with E-state index in [1.807, 2.05) is 6.20 Å². The fourth-order valence-electron chi connectivity index (χ4n) is 7.87. The Morgan fingerprint density at radius 2 is 1.14 bits per heavy atom. The molecule has 2 aliphatic rings. The zero-order chi connectivity index (χ0) is 33.5. The zero-order valence-electron chi connectivity index (χ0n) is 27.2. The molecule has 9 aromatic rings. The standard InChI is InChI=1S/C46H26N4S/c1-2-12-27(13-3-1)28-14-4-5-15-29(28)30-16-6-7-17-31(30)33-22-24-37-42(41(33)46-47-26-40-44(50-46)35-19-9-11-21-39(35)51-40)43-38(48-37)25-23-34-32-18-8-10-20-36(32)49-45(34)43/h1-26H. The predicted octanol–water partition coefficient (Wildman–Crippen LogP) is 11.0. The number of aromatic nitrogens is 2. The maximum atomic E-state index is 5.40. The molecule has 0 N–H and O–H groups in total. The minimum absolute atomic E-state index is 0.681. The molecule has 0 atom stereocenters. The van der Waals surface area contributed by atoms with Crippen LogP contribution in [-0.2, 0) is 0 Å². The molecule has 0 saturated carbocycles. The van der Waals surface area contributed by atoms with Crippen LogP contribution in [0.15, 0.2) is 168 Å². The summed E-state index contributed by atoms with van der Waals surface area (Å²) in [4.78, 5) is 21.0.